The van der Waals surface area contributed by atoms with Crippen molar-refractivity contribution in [2.24, 2.45) is 17.6 Å². The van der Waals surface area contributed by atoms with Crippen LogP contribution in [0.2, 0.25) is 0 Å². The highest BCUT2D eigenvalue weighted by atomic mass is 16.2. The fourth-order valence-electron chi connectivity index (χ4n) is 4.14. The lowest BCUT2D eigenvalue weighted by Crippen LogP contribution is -2.33. The van der Waals surface area contributed by atoms with Crippen LogP contribution in [0.1, 0.15) is 33.6 Å². The summed E-state index contributed by atoms with van der Waals surface area (Å²) >= 11 is 0. The smallest absolute Gasteiger partial charge is 0.255 e. The zero-order chi connectivity index (χ0) is 18.1. The minimum Gasteiger partial charge on any atom is -0.338 e. The molecule has 0 radical (unpaired) electrons. The van der Waals surface area contributed by atoms with Gasteiger partial charge in [0, 0.05) is 35.9 Å². The second-order valence-electron chi connectivity index (χ2n) is 7.27. The summed E-state index contributed by atoms with van der Waals surface area (Å²) < 4.78 is 0. The summed E-state index contributed by atoms with van der Waals surface area (Å²) in [6, 6.07) is 16.4. The van der Waals surface area contributed by atoms with Crippen LogP contribution in [0.4, 0.5) is 5.69 Å². The number of carbonyl (C=O) groups excluding carboxylic acids is 2. The van der Waals surface area contributed by atoms with Crippen LogP contribution >= 0.6 is 0 Å². The van der Waals surface area contributed by atoms with Crippen molar-refractivity contribution in [3.63, 3.8) is 0 Å². The number of para-hydroxylation sites is 1. The largest absolute Gasteiger partial charge is 0.338 e. The average molecular weight is 349 g/mol. The molecule has 2 aromatic rings. The molecule has 0 aromatic heterocycles. The van der Waals surface area contributed by atoms with Gasteiger partial charge >= 0.3 is 0 Å². The second-order valence-corrected chi connectivity index (χ2v) is 7.27. The van der Waals surface area contributed by atoms with Crippen LogP contribution in [0.15, 0.2) is 54.6 Å². The van der Waals surface area contributed by atoms with Crippen molar-refractivity contribution in [2.45, 2.75) is 18.9 Å². The Labute approximate surface area is 153 Å². The van der Waals surface area contributed by atoms with Gasteiger partial charge in [0.15, 0.2) is 0 Å². The van der Waals surface area contributed by atoms with Crippen LogP contribution in [-0.4, -0.2) is 35.8 Å². The summed E-state index contributed by atoms with van der Waals surface area (Å²) in [6.07, 6.45) is 2.19. The molecule has 4 rings (SSSR count). The summed E-state index contributed by atoms with van der Waals surface area (Å²) in [5.41, 5.74) is 8.06. The normalized spacial score (nSPS) is 24.3. The maximum absolute atomic E-state index is 12.7. The van der Waals surface area contributed by atoms with Crippen molar-refractivity contribution in [1.82, 2.24) is 4.90 Å². The first-order valence-corrected chi connectivity index (χ1v) is 9.13. The Morgan fingerprint density at radius 1 is 0.923 bits per heavy atom. The Morgan fingerprint density at radius 3 is 2.31 bits per heavy atom. The highest BCUT2D eigenvalue weighted by Gasteiger charge is 2.42. The lowest BCUT2D eigenvalue weighted by molar-refractivity contribution is 0.0779. The third-order valence-electron chi connectivity index (χ3n) is 5.63. The molecule has 3 atom stereocenters. The van der Waals surface area contributed by atoms with E-state index in [-0.39, 0.29) is 17.9 Å². The Kier molecular flexibility index (Phi) is 4.47. The first-order chi connectivity index (χ1) is 12.6. The number of benzene rings is 2. The van der Waals surface area contributed by atoms with Gasteiger partial charge in [-0.25, -0.2) is 0 Å². The van der Waals surface area contributed by atoms with E-state index in [1.165, 1.54) is 0 Å². The molecule has 2 amide bonds. The number of carbonyl (C=O) groups is 2. The number of hydrogen-bond donors (Lipinski definition) is 2. The highest BCUT2D eigenvalue weighted by Crippen LogP contribution is 2.37. The zero-order valence-corrected chi connectivity index (χ0v) is 14.6. The van der Waals surface area contributed by atoms with E-state index >= 15 is 0 Å². The van der Waals surface area contributed by atoms with E-state index in [9.17, 15) is 9.59 Å². The van der Waals surface area contributed by atoms with Crippen molar-refractivity contribution in [3.05, 3.63) is 65.7 Å². The highest BCUT2D eigenvalue weighted by molar-refractivity contribution is 6.05. The molecule has 134 valence electrons. The van der Waals surface area contributed by atoms with E-state index in [0.29, 0.717) is 23.0 Å². The van der Waals surface area contributed by atoms with Crippen LogP contribution in [0.5, 0.6) is 0 Å². The minimum atomic E-state index is -0.183. The van der Waals surface area contributed by atoms with Crippen molar-refractivity contribution in [2.75, 3.05) is 18.4 Å². The average Bonchev–Trinajstić information content (AvgIpc) is 3.24. The number of nitrogens with one attached hydrogen (secondary N) is 1. The Hall–Kier alpha value is -2.66. The van der Waals surface area contributed by atoms with Crippen LogP contribution in [0, 0.1) is 11.8 Å². The van der Waals surface area contributed by atoms with E-state index in [4.69, 9.17) is 5.73 Å². The van der Waals surface area contributed by atoms with Gasteiger partial charge in [0.1, 0.15) is 0 Å². The van der Waals surface area contributed by atoms with E-state index in [1.807, 2.05) is 35.2 Å². The number of nitrogens with two attached hydrogens (primary N) is 1. The van der Waals surface area contributed by atoms with Crippen molar-refractivity contribution >= 4 is 17.5 Å². The topological polar surface area (TPSA) is 75.4 Å². The predicted octanol–water partition coefficient (Wildman–Crippen LogP) is 2.75. The maximum atomic E-state index is 12.7. The van der Waals surface area contributed by atoms with Crippen molar-refractivity contribution in [1.29, 1.82) is 0 Å². The Bertz CT molecular complexity index is 804. The number of rotatable bonds is 3. The van der Waals surface area contributed by atoms with Gasteiger partial charge in [-0.2, -0.15) is 0 Å². The van der Waals surface area contributed by atoms with Crippen LogP contribution in [-0.2, 0) is 0 Å². The lowest BCUT2D eigenvalue weighted by Gasteiger charge is -2.19. The number of fused-ring (bicyclic) bond motifs is 1. The molecule has 1 aliphatic carbocycles. The van der Waals surface area contributed by atoms with Gasteiger partial charge in [-0.15, -0.1) is 0 Å². The molecule has 3 unspecified atom stereocenters. The molecule has 2 aromatic carbocycles. The number of hydrogen-bond acceptors (Lipinski definition) is 3. The van der Waals surface area contributed by atoms with Crippen molar-refractivity contribution < 1.29 is 9.59 Å². The summed E-state index contributed by atoms with van der Waals surface area (Å²) in [5, 5.41) is 2.85. The molecule has 0 spiro atoms. The first kappa shape index (κ1) is 16.8. The summed E-state index contributed by atoms with van der Waals surface area (Å²) in [5.74, 6) is 0.832. The van der Waals surface area contributed by atoms with E-state index in [1.54, 1.807) is 24.3 Å². The Balaban J connectivity index is 1.41. The minimum absolute atomic E-state index is 0.0293. The number of likely N-dealkylation sites (tertiary alicyclic amines) is 1. The fraction of sp³-hybridized carbons (Fsp3) is 0.333. The van der Waals surface area contributed by atoms with E-state index < -0.39 is 0 Å². The third-order valence-corrected chi connectivity index (χ3v) is 5.63. The molecular formula is C21H23N3O2. The van der Waals surface area contributed by atoms with Crippen LogP contribution in [0.25, 0.3) is 0 Å². The van der Waals surface area contributed by atoms with E-state index in [0.717, 1.165) is 31.6 Å². The Morgan fingerprint density at radius 2 is 1.62 bits per heavy atom. The van der Waals surface area contributed by atoms with Gasteiger partial charge in [-0.3, -0.25) is 9.59 Å². The molecule has 1 saturated heterocycles. The predicted molar refractivity (Wildman–Crippen MR) is 101 cm³/mol. The number of amides is 2. The SMILES string of the molecule is NC1CCC2CN(C(=O)c3ccc(C(=O)Nc4ccccc4)cc3)CC12. The maximum Gasteiger partial charge on any atom is 0.255 e. The third kappa shape index (κ3) is 3.22. The molecule has 26 heavy (non-hydrogen) atoms. The molecule has 3 N–H and O–H groups in total. The molecule has 1 saturated carbocycles. The van der Waals surface area contributed by atoms with Crippen molar-refractivity contribution in [3.8, 4) is 0 Å². The molecule has 1 aliphatic heterocycles. The number of nitrogens with zero attached hydrogens (tertiary/aromatic N) is 1. The van der Waals surface area contributed by atoms with Gasteiger partial charge in [-0.1, -0.05) is 18.2 Å². The molecule has 0 bridgehead atoms. The molecule has 2 fully saturated rings. The lowest BCUT2D eigenvalue weighted by atomic mass is 9.98. The fourth-order valence-corrected chi connectivity index (χ4v) is 4.14. The quantitative estimate of drug-likeness (QED) is 0.895. The zero-order valence-electron chi connectivity index (χ0n) is 14.6. The first-order valence-electron chi connectivity index (χ1n) is 9.13. The van der Waals surface area contributed by atoms with Crippen LogP contribution < -0.4 is 11.1 Å². The van der Waals surface area contributed by atoms with Gasteiger partial charge in [0.25, 0.3) is 11.8 Å². The van der Waals surface area contributed by atoms with E-state index in [2.05, 4.69) is 5.32 Å². The molecule has 1 heterocycles. The van der Waals surface area contributed by atoms with Gasteiger partial charge in [-0.05, 0) is 61.1 Å². The summed E-state index contributed by atoms with van der Waals surface area (Å²) in [4.78, 5) is 27.0. The van der Waals surface area contributed by atoms with Gasteiger partial charge in [0.2, 0.25) is 0 Å². The summed E-state index contributed by atoms with van der Waals surface area (Å²) in [6.45, 7) is 1.55. The molecular weight excluding hydrogens is 326 g/mol. The van der Waals surface area contributed by atoms with Gasteiger partial charge in [0.05, 0.1) is 0 Å². The van der Waals surface area contributed by atoms with Crippen LogP contribution in [0.3, 0.4) is 0 Å². The summed E-state index contributed by atoms with van der Waals surface area (Å²) in [7, 11) is 0. The standard InChI is InChI=1S/C21H23N3O2/c22-19-11-10-16-12-24(13-18(16)19)21(26)15-8-6-14(7-9-15)20(25)23-17-4-2-1-3-5-17/h1-9,16,18-19H,10-13,22H2,(H,23,25). The monoisotopic (exact) mass is 349 g/mol. The molecule has 5 heteroatoms. The molecule has 5 nitrogen and oxygen atoms in total. The number of anilines is 1. The second kappa shape index (κ2) is 6.92. The molecule has 2 aliphatic rings. The van der Waals surface area contributed by atoms with Gasteiger partial charge < -0.3 is 16.0 Å².